The van der Waals surface area contributed by atoms with Gasteiger partial charge in [0.15, 0.2) is 0 Å². The molecule has 1 aliphatic carbocycles. The van der Waals surface area contributed by atoms with Gasteiger partial charge in [0.1, 0.15) is 5.75 Å². The lowest BCUT2D eigenvalue weighted by Gasteiger charge is -2.20. The topological polar surface area (TPSA) is 67.4 Å². The van der Waals surface area contributed by atoms with Gasteiger partial charge in [-0.2, -0.15) is 0 Å². The zero-order valence-corrected chi connectivity index (χ0v) is 18.9. The molecular formula is C23H27ClN2O3S. The number of methoxy groups -OCH3 is 1. The molecule has 1 saturated carbocycles. The number of hydrogen-bond acceptors (Lipinski definition) is 4. The van der Waals surface area contributed by atoms with Crippen molar-refractivity contribution in [1.29, 1.82) is 0 Å². The third-order valence-electron chi connectivity index (χ3n) is 5.22. The van der Waals surface area contributed by atoms with Gasteiger partial charge in [-0.1, -0.05) is 30.9 Å². The standard InChI is InChI=1S/C23H27ClN2O3S/c1-15-12-20(21(29-2)13-19(15)24)26-22(27)14-30-18-10-8-17(9-11-18)25-23(28)16-6-4-3-5-7-16/h8-13,16H,3-7,14H2,1-2H3,(H,25,28)(H,26,27). The van der Waals surface area contributed by atoms with E-state index in [2.05, 4.69) is 10.6 Å². The van der Waals surface area contributed by atoms with E-state index in [-0.39, 0.29) is 23.5 Å². The molecule has 0 aliphatic heterocycles. The highest BCUT2D eigenvalue weighted by Gasteiger charge is 2.21. The number of carbonyl (C=O) groups is 2. The van der Waals surface area contributed by atoms with Gasteiger partial charge >= 0.3 is 0 Å². The van der Waals surface area contributed by atoms with E-state index in [1.54, 1.807) is 19.2 Å². The van der Waals surface area contributed by atoms with Crippen LogP contribution in [0.15, 0.2) is 41.3 Å². The van der Waals surface area contributed by atoms with Crippen molar-refractivity contribution in [3.63, 3.8) is 0 Å². The Morgan fingerprint density at radius 1 is 1.10 bits per heavy atom. The first-order valence-electron chi connectivity index (χ1n) is 10.1. The maximum atomic E-state index is 12.4. The Bertz CT molecular complexity index is 896. The molecule has 2 N–H and O–H groups in total. The van der Waals surface area contributed by atoms with Crippen LogP contribution in [-0.4, -0.2) is 24.7 Å². The molecule has 5 nitrogen and oxygen atoms in total. The van der Waals surface area contributed by atoms with Crippen molar-refractivity contribution in [2.24, 2.45) is 5.92 Å². The van der Waals surface area contributed by atoms with Gasteiger partial charge in [0.05, 0.1) is 18.6 Å². The van der Waals surface area contributed by atoms with E-state index in [0.717, 1.165) is 41.8 Å². The fourth-order valence-electron chi connectivity index (χ4n) is 3.51. The molecule has 0 atom stereocenters. The van der Waals surface area contributed by atoms with E-state index in [9.17, 15) is 9.59 Å². The maximum absolute atomic E-state index is 12.4. The SMILES string of the molecule is COc1cc(Cl)c(C)cc1NC(=O)CSc1ccc(NC(=O)C2CCCCC2)cc1. The summed E-state index contributed by atoms with van der Waals surface area (Å²) >= 11 is 7.54. The Balaban J connectivity index is 1.50. The number of halogens is 1. The molecule has 7 heteroatoms. The van der Waals surface area contributed by atoms with Crippen molar-refractivity contribution in [2.75, 3.05) is 23.5 Å². The van der Waals surface area contributed by atoms with Gasteiger partial charge in [0.2, 0.25) is 11.8 Å². The van der Waals surface area contributed by atoms with E-state index in [0.29, 0.717) is 16.5 Å². The van der Waals surface area contributed by atoms with Crippen molar-refractivity contribution in [2.45, 2.75) is 43.9 Å². The minimum absolute atomic E-state index is 0.113. The van der Waals surface area contributed by atoms with Crippen molar-refractivity contribution in [1.82, 2.24) is 0 Å². The van der Waals surface area contributed by atoms with Crippen LogP contribution in [-0.2, 0) is 9.59 Å². The van der Waals surface area contributed by atoms with Crippen LogP contribution in [0, 0.1) is 12.8 Å². The first-order chi connectivity index (χ1) is 14.5. The van der Waals surface area contributed by atoms with Gasteiger partial charge in [0.25, 0.3) is 0 Å². The highest BCUT2D eigenvalue weighted by atomic mass is 35.5. The highest BCUT2D eigenvalue weighted by Crippen LogP contribution is 2.31. The average Bonchev–Trinajstić information content (AvgIpc) is 2.76. The first-order valence-corrected chi connectivity index (χ1v) is 11.5. The van der Waals surface area contributed by atoms with Gasteiger partial charge in [-0.05, 0) is 55.7 Å². The average molecular weight is 447 g/mol. The van der Waals surface area contributed by atoms with Crippen molar-refractivity contribution in [3.8, 4) is 5.75 Å². The Labute approximate surface area is 186 Å². The Morgan fingerprint density at radius 2 is 1.80 bits per heavy atom. The number of rotatable bonds is 7. The summed E-state index contributed by atoms with van der Waals surface area (Å²) in [6.45, 7) is 1.88. The van der Waals surface area contributed by atoms with Gasteiger partial charge in [0, 0.05) is 27.6 Å². The summed E-state index contributed by atoms with van der Waals surface area (Å²) in [5.74, 6) is 0.905. The molecule has 1 fully saturated rings. The van der Waals surface area contributed by atoms with Crippen molar-refractivity contribution >= 4 is 46.6 Å². The number of aryl methyl sites for hydroxylation is 1. The number of benzene rings is 2. The molecule has 0 aromatic heterocycles. The molecule has 0 heterocycles. The smallest absolute Gasteiger partial charge is 0.234 e. The van der Waals surface area contributed by atoms with Crippen LogP contribution in [0.2, 0.25) is 5.02 Å². The molecule has 2 amide bonds. The number of thioether (sulfide) groups is 1. The van der Waals surface area contributed by atoms with E-state index >= 15 is 0 Å². The zero-order chi connectivity index (χ0) is 21.5. The lowest BCUT2D eigenvalue weighted by Crippen LogP contribution is -2.24. The van der Waals surface area contributed by atoms with E-state index in [1.165, 1.54) is 18.2 Å². The zero-order valence-electron chi connectivity index (χ0n) is 17.3. The number of carbonyl (C=O) groups excluding carboxylic acids is 2. The van der Waals surface area contributed by atoms with Gasteiger partial charge < -0.3 is 15.4 Å². The molecule has 0 spiro atoms. The number of nitrogens with one attached hydrogen (secondary N) is 2. The second kappa shape index (κ2) is 10.7. The molecule has 2 aromatic rings. The van der Waals surface area contributed by atoms with Crippen molar-refractivity contribution < 1.29 is 14.3 Å². The van der Waals surface area contributed by atoms with Crippen LogP contribution in [0.5, 0.6) is 5.75 Å². The van der Waals surface area contributed by atoms with E-state index in [4.69, 9.17) is 16.3 Å². The van der Waals surface area contributed by atoms with Crippen LogP contribution in [0.25, 0.3) is 0 Å². The molecule has 160 valence electrons. The second-order valence-corrected chi connectivity index (χ2v) is 8.94. The molecule has 0 saturated heterocycles. The van der Waals surface area contributed by atoms with E-state index < -0.39 is 0 Å². The van der Waals surface area contributed by atoms with Crippen LogP contribution < -0.4 is 15.4 Å². The number of ether oxygens (including phenoxy) is 1. The molecule has 1 aliphatic rings. The molecule has 2 aromatic carbocycles. The maximum Gasteiger partial charge on any atom is 0.234 e. The molecule has 30 heavy (non-hydrogen) atoms. The molecule has 0 unspecified atom stereocenters. The lowest BCUT2D eigenvalue weighted by molar-refractivity contribution is -0.120. The highest BCUT2D eigenvalue weighted by molar-refractivity contribution is 8.00. The fourth-order valence-corrected chi connectivity index (χ4v) is 4.36. The quantitative estimate of drug-likeness (QED) is 0.519. The Kier molecular flexibility index (Phi) is 8.05. The van der Waals surface area contributed by atoms with Crippen LogP contribution >= 0.6 is 23.4 Å². The summed E-state index contributed by atoms with van der Waals surface area (Å²) in [6.07, 6.45) is 5.46. The van der Waals surface area contributed by atoms with Gasteiger partial charge in [-0.25, -0.2) is 0 Å². The fraction of sp³-hybridized carbons (Fsp3) is 0.391. The Morgan fingerprint density at radius 3 is 2.47 bits per heavy atom. The summed E-state index contributed by atoms with van der Waals surface area (Å²) in [4.78, 5) is 25.7. The van der Waals surface area contributed by atoms with Gasteiger partial charge in [-0.15, -0.1) is 11.8 Å². The second-order valence-electron chi connectivity index (χ2n) is 7.49. The summed E-state index contributed by atoms with van der Waals surface area (Å²) in [5, 5.41) is 6.47. The number of hydrogen-bond donors (Lipinski definition) is 2. The predicted molar refractivity (Wildman–Crippen MR) is 124 cm³/mol. The monoisotopic (exact) mass is 446 g/mol. The van der Waals surface area contributed by atoms with Crippen LogP contribution in [0.3, 0.4) is 0 Å². The minimum Gasteiger partial charge on any atom is -0.495 e. The first kappa shape index (κ1) is 22.5. The predicted octanol–water partition coefficient (Wildman–Crippen LogP) is 5.91. The van der Waals surface area contributed by atoms with Crippen LogP contribution in [0.1, 0.15) is 37.7 Å². The molecule has 0 radical (unpaired) electrons. The summed E-state index contributed by atoms with van der Waals surface area (Å²) in [5.41, 5.74) is 2.26. The lowest BCUT2D eigenvalue weighted by atomic mass is 9.88. The third-order valence-corrected chi connectivity index (χ3v) is 6.64. The summed E-state index contributed by atoms with van der Waals surface area (Å²) in [7, 11) is 1.54. The number of anilines is 2. The summed E-state index contributed by atoms with van der Waals surface area (Å²) in [6, 6.07) is 11.1. The minimum atomic E-state index is -0.130. The molecule has 3 rings (SSSR count). The van der Waals surface area contributed by atoms with E-state index in [1.807, 2.05) is 31.2 Å². The van der Waals surface area contributed by atoms with Crippen LogP contribution in [0.4, 0.5) is 11.4 Å². The normalized spacial score (nSPS) is 14.2. The number of amides is 2. The summed E-state index contributed by atoms with van der Waals surface area (Å²) < 4.78 is 5.29. The van der Waals surface area contributed by atoms with Crippen molar-refractivity contribution in [3.05, 3.63) is 47.0 Å². The Hall–Kier alpha value is -2.18. The van der Waals surface area contributed by atoms with Gasteiger partial charge in [-0.3, -0.25) is 9.59 Å². The molecular weight excluding hydrogens is 420 g/mol. The largest absolute Gasteiger partial charge is 0.495 e. The third kappa shape index (κ3) is 6.16. The molecule has 0 bridgehead atoms.